The highest BCUT2D eigenvalue weighted by molar-refractivity contribution is 5.75. The van der Waals surface area contributed by atoms with Crippen molar-refractivity contribution in [3.05, 3.63) is 0 Å². The fourth-order valence-corrected chi connectivity index (χ4v) is 2.82. The van der Waals surface area contributed by atoms with Crippen LogP contribution in [0, 0.1) is 0 Å². The third-order valence-corrected chi connectivity index (χ3v) is 4.56. The minimum absolute atomic E-state index is 0.109. The molecule has 1 amide bonds. The summed E-state index contributed by atoms with van der Waals surface area (Å²) in [4.78, 5) is 11.7. The van der Waals surface area contributed by atoms with E-state index in [-0.39, 0.29) is 5.91 Å². The van der Waals surface area contributed by atoms with Gasteiger partial charge in [0.2, 0.25) is 5.91 Å². The van der Waals surface area contributed by atoms with Gasteiger partial charge in [0, 0.05) is 13.0 Å². The Morgan fingerprint density at radius 2 is 1.33 bits per heavy atom. The first-order valence-corrected chi connectivity index (χ1v) is 10.2. The number of amides is 1. The second kappa shape index (κ2) is 17.2. The molecule has 144 valence electrons. The Kier molecular flexibility index (Phi) is 16.8. The first-order valence-electron chi connectivity index (χ1n) is 10.2. The van der Waals surface area contributed by atoms with Gasteiger partial charge in [-0.1, -0.05) is 71.1 Å². The molecule has 0 rings (SSSR count). The predicted molar refractivity (Wildman–Crippen MR) is 101 cm³/mol. The van der Waals surface area contributed by atoms with Gasteiger partial charge in [0.15, 0.2) is 0 Å². The highest BCUT2D eigenvalue weighted by atomic mass is 16.3. The molecule has 0 saturated carbocycles. The van der Waals surface area contributed by atoms with Gasteiger partial charge in [0.25, 0.3) is 0 Å². The largest absolute Gasteiger partial charge is 0.391 e. The van der Waals surface area contributed by atoms with Crippen LogP contribution >= 0.6 is 0 Å². The second-order valence-electron chi connectivity index (χ2n) is 7.09. The predicted octanol–water partition coefficient (Wildman–Crippen LogP) is 4.33. The normalized spacial score (nSPS) is 13.7. The van der Waals surface area contributed by atoms with Gasteiger partial charge in [0.05, 0.1) is 12.2 Å². The van der Waals surface area contributed by atoms with Crippen LogP contribution in [0.5, 0.6) is 0 Å². The van der Waals surface area contributed by atoms with Crippen LogP contribution in [0.1, 0.15) is 104 Å². The molecule has 0 bridgehead atoms. The van der Waals surface area contributed by atoms with Crippen molar-refractivity contribution in [3.8, 4) is 0 Å². The molecule has 2 unspecified atom stereocenters. The van der Waals surface area contributed by atoms with Crippen molar-refractivity contribution in [3.63, 3.8) is 0 Å². The van der Waals surface area contributed by atoms with Gasteiger partial charge in [-0.2, -0.15) is 0 Å². The lowest BCUT2D eigenvalue weighted by Crippen LogP contribution is -2.27. The molecule has 0 radical (unpaired) electrons. The number of nitrogens with one attached hydrogen (secondary N) is 1. The van der Waals surface area contributed by atoms with Gasteiger partial charge in [-0.3, -0.25) is 4.79 Å². The zero-order chi connectivity index (χ0) is 18.0. The molecule has 0 fully saturated rings. The molecule has 0 aromatic heterocycles. The van der Waals surface area contributed by atoms with E-state index in [2.05, 4.69) is 12.2 Å². The Morgan fingerprint density at radius 3 is 1.83 bits per heavy atom. The number of aliphatic hydroxyl groups excluding tert-OH is 2. The maximum atomic E-state index is 11.7. The molecule has 0 aromatic rings. The third-order valence-electron chi connectivity index (χ3n) is 4.56. The third kappa shape index (κ3) is 16.3. The fraction of sp³-hybridized carbons (Fsp3) is 0.950. The SMILES string of the molecule is CCCCCCCCCCCCCC(=O)NCCCC(O)C(C)O. The van der Waals surface area contributed by atoms with Crippen LogP contribution in [0.2, 0.25) is 0 Å². The van der Waals surface area contributed by atoms with Crippen molar-refractivity contribution in [2.75, 3.05) is 6.54 Å². The number of hydrogen-bond acceptors (Lipinski definition) is 3. The summed E-state index contributed by atoms with van der Waals surface area (Å²) in [7, 11) is 0. The summed E-state index contributed by atoms with van der Waals surface area (Å²) in [5.74, 6) is 0.109. The van der Waals surface area contributed by atoms with Crippen molar-refractivity contribution in [2.45, 2.75) is 116 Å². The maximum Gasteiger partial charge on any atom is 0.219 e. The number of aliphatic hydroxyl groups is 2. The first kappa shape index (κ1) is 23.4. The Morgan fingerprint density at radius 1 is 0.833 bits per heavy atom. The Labute approximate surface area is 149 Å². The molecular weight excluding hydrogens is 302 g/mol. The highest BCUT2D eigenvalue weighted by Gasteiger charge is 2.10. The van der Waals surface area contributed by atoms with E-state index in [1.165, 1.54) is 57.8 Å². The van der Waals surface area contributed by atoms with Crippen molar-refractivity contribution in [2.24, 2.45) is 0 Å². The number of hydrogen-bond donors (Lipinski definition) is 3. The molecule has 2 atom stereocenters. The molecule has 0 spiro atoms. The summed E-state index contributed by atoms with van der Waals surface area (Å²) in [6, 6.07) is 0. The fourth-order valence-electron chi connectivity index (χ4n) is 2.82. The van der Waals surface area contributed by atoms with E-state index in [0.29, 0.717) is 25.8 Å². The molecule has 24 heavy (non-hydrogen) atoms. The second-order valence-corrected chi connectivity index (χ2v) is 7.09. The molecule has 0 aliphatic carbocycles. The topological polar surface area (TPSA) is 69.6 Å². The van der Waals surface area contributed by atoms with Crippen molar-refractivity contribution in [1.82, 2.24) is 5.32 Å². The Hall–Kier alpha value is -0.610. The van der Waals surface area contributed by atoms with Gasteiger partial charge in [-0.05, 0) is 26.2 Å². The summed E-state index contributed by atoms with van der Waals surface area (Å²) in [6.45, 7) is 4.42. The summed E-state index contributed by atoms with van der Waals surface area (Å²) in [5.41, 5.74) is 0. The Bertz CT molecular complexity index is 282. The van der Waals surface area contributed by atoms with E-state index >= 15 is 0 Å². The first-order chi connectivity index (χ1) is 11.6. The lowest BCUT2D eigenvalue weighted by atomic mass is 10.1. The molecule has 4 heteroatoms. The highest BCUT2D eigenvalue weighted by Crippen LogP contribution is 2.11. The van der Waals surface area contributed by atoms with Crippen molar-refractivity contribution < 1.29 is 15.0 Å². The van der Waals surface area contributed by atoms with Crippen LogP contribution in [0.3, 0.4) is 0 Å². The summed E-state index contributed by atoms with van der Waals surface area (Å²) in [6.07, 6.45) is 14.7. The summed E-state index contributed by atoms with van der Waals surface area (Å²) < 4.78 is 0. The van der Waals surface area contributed by atoms with Crippen molar-refractivity contribution >= 4 is 5.91 Å². The van der Waals surface area contributed by atoms with Crippen LogP contribution in [0.4, 0.5) is 0 Å². The number of carbonyl (C=O) groups is 1. The van der Waals surface area contributed by atoms with Gasteiger partial charge >= 0.3 is 0 Å². The monoisotopic (exact) mass is 343 g/mol. The molecule has 0 saturated heterocycles. The van der Waals surface area contributed by atoms with Crippen LogP contribution in [-0.4, -0.2) is 34.9 Å². The minimum atomic E-state index is -0.697. The van der Waals surface area contributed by atoms with E-state index in [9.17, 15) is 9.90 Å². The standard InChI is InChI=1S/C20H41NO3/c1-3-4-5-6-7-8-9-10-11-12-13-16-20(24)21-17-14-15-19(23)18(2)22/h18-19,22-23H,3-17H2,1-2H3,(H,21,24). The lowest BCUT2D eigenvalue weighted by molar-refractivity contribution is -0.121. The maximum absolute atomic E-state index is 11.7. The van der Waals surface area contributed by atoms with Gasteiger partial charge in [0.1, 0.15) is 0 Å². The van der Waals surface area contributed by atoms with E-state index in [1.807, 2.05) is 0 Å². The number of rotatable bonds is 17. The molecular formula is C20H41NO3. The molecule has 0 aliphatic heterocycles. The molecule has 0 aliphatic rings. The van der Waals surface area contributed by atoms with Crippen LogP contribution < -0.4 is 5.32 Å². The van der Waals surface area contributed by atoms with Gasteiger partial charge < -0.3 is 15.5 Å². The zero-order valence-corrected chi connectivity index (χ0v) is 16.1. The Balaban J connectivity index is 3.23. The van der Waals surface area contributed by atoms with Gasteiger partial charge in [-0.25, -0.2) is 0 Å². The molecule has 3 N–H and O–H groups in total. The summed E-state index contributed by atoms with van der Waals surface area (Å²) in [5, 5.41) is 21.5. The molecule has 0 heterocycles. The van der Waals surface area contributed by atoms with Crippen molar-refractivity contribution in [1.29, 1.82) is 0 Å². The lowest BCUT2D eigenvalue weighted by Gasteiger charge is -2.13. The van der Waals surface area contributed by atoms with Crippen LogP contribution in [-0.2, 0) is 4.79 Å². The number of carbonyl (C=O) groups excluding carboxylic acids is 1. The van der Waals surface area contributed by atoms with Gasteiger partial charge in [-0.15, -0.1) is 0 Å². The minimum Gasteiger partial charge on any atom is -0.391 e. The van der Waals surface area contributed by atoms with Crippen LogP contribution in [0.25, 0.3) is 0 Å². The number of unbranched alkanes of at least 4 members (excludes halogenated alkanes) is 10. The van der Waals surface area contributed by atoms with E-state index < -0.39 is 12.2 Å². The molecule has 0 aromatic carbocycles. The summed E-state index contributed by atoms with van der Waals surface area (Å²) >= 11 is 0. The van der Waals surface area contributed by atoms with E-state index in [0.717, 1.165) is 12.8 Å². The smallest absolute Gasteiger partial charge is 0.219 e. The molecule has 4 nitrogen and oxygen atoms in total. The van der Waals surface area contributed by atoms with Crippen LogP contribution in [0.15, 0.2) is 0 Å². The van der Waals surface area contributed by atoms with E-state index in [4.69, 9.17) is 5.11 Å². The van der Waals surface area contributed by atoms with E-state index in [1.54, 1.807) is 6.92 Å². The average molecular weight is 344 g/mol. The average Bonchev–Trinajstić information content (AvgIpc) is 2.56. The zero-order valence-electron chi connectivity index (χ0n) is 16.1. The quantitative estimate of drug-likeness (QED) is 0.344.